The summed E-state index contributed by atoms with van der Waals surface area (Å²) in [6.45, 7) is 7.20. The van der Waals surface area contributed by atoms with Gasteiger partial charge in [-0.15, -0.1) is 0 Å². The van der Waals surface area contributed by atoms with Crippen LogP contribution in [0.25, 0.3) is 0 Å². The molecule has 1 aromatic heterocycles. The number of aryl methyl sites for hydroxylation is 1. The van der Waals surface area contributed by atoms with Gasteiger partial charge in [0.15, 0.2) is 0 Å². The van der Waals surface area contributed by atoms with E-state index in [1.807, 2.05) is 6.92 Å². The van der Waals surface area contributed by atoms with E-state index in [2.05, 4.69) is 15.3 Å². The van der Waals surface area contributed by atoms with Crippen LogP contribution in [0.15, 0.2) is 17.4 Å². The summed E-state index contributed by atoms with van der Waals surface area (Å²) in [6, 6.07) is 1.76. The summed E-state index contributed by atoms with van der Waals surface area (Å²) in [5, 5.41) is 2.62. The number of halogens is 3. The first-order valence-electron chi connectivity index (χ1n) is 5.83. The summed E-state index contributed by atoms with van der Waals surface area (Å²) >= 11 is 19.0. The average Bonchev–Trinajstić information content (AvgIpc) is 2.25. The van der Waals surface area contributed by atoms with Gasteiger partial charge < -0.3 is 5.32 Å². The molecule has 1 heterocycles. The fourth-order valence-electron chi connectivity index (χ4n) is 1.13. The number of thioether (sulfide) groups is 1. The second-order valence-electron chi connectivity index (χ2n) is 5.26. The number of rotatable bonds is 3. The van der Waals surface area contributed by atoms with Gasteiger partial charge >= 0.3 is 0 Å². The maximum atomic E-state index is 12.0. The molecule has 4 nitrogen and oxygen atoms in total. The highest BCUT2D eigenvalue weighted by Crippen LogP contribution is 2.39. The van der Waals surface area contributed by atoms with Gasteiger partial charge in [-0.3, -0.25) is 4.79 Å². The highest BCUT2D eigenvalue weighted by molar-refractivity contribution is 8.00. The Morgan fingerprint density at radius 2 is 1.90 bits per heavy atom. The van der Waals surface area contributed by atoms with Crippen molar-refractivity contribution in [2.24, 2.45) is 5.41 Å². The Balaban J connectivity index is 2.89. The van der Waals surface area contributed by atoms with Gasteiger partial charge in [0, 0.05) is 11.1 Å². The Hall–Kier alpha value is -0.230. The van der Waals surface area contributed by atoms with Gasteiger partial charge in [0.2, 0.25) is 9.70 Å². The van der Waals surface area contributed by atoms with Crippen molar-refractivity contribution in [2.75, 3.05) is 0 Å². The minimum absolute atomic E-state index is 0.202. The van der Waals surface area contributed by atoms with Gasteiger partial charge in [-0.05, 0) is 13.0 Å². The second-order valence-corrected chi connectivity index (χ2v) is 8.75. The molecule has 0 saturated carbocycles. The van der Waals surface area contributed by atoms with Crippen molar-refractivity contribution in [3.05, 3.63) is 18.1 Å². The maximum Gasteiger partial charge on any atom is 0.226 e. The maximum absolute atomic E-state index is 12.0. The first kappa shape index (κ1) is 17.8. The molecule has 0 fully saturated rings. The molecule has 0 aliphatic carbocycles. The van der Waals surface area contributed by atoms with E-state index in [4.69, 9.17) is 34.8 Å². The second kappa shape index (κ2) is 6.69. The Morgan fingerprint density at radius 1 is 1.30 bits per heavy atom. The lowest BCUT2D eigenvalue weighted by molar-refractivity contribution is -0.128. The quantitative estimate of drug-likeness (QED) is 0.388. The van der Waals surface area contributed by atoms with Crippen molar-refractivity contribution in [1.29, 1.82) is 0 Å². The van der Waals surface area contributed by atoms with Crippen LogP contribution in [-0.2, 0) is 4.79 Å². The van der Waals surface area contributed by atoms with Crippen LogP contribution in [-0.4, -0.2) is 25.0 Å². The molecule has 1 rings (SSSR count). The van der Waals surface area contributed by atoms with Crippen LogP contribution in [0.2, 0.25) is 0 Å². The van der Waals surface area contributed by atoms with Crippen LogP contribution < -0.4 is 5.32 Å². The molecule has 0 spiro atoms. The van der Waals surface area contributed by atoms with E-state index in [0.29, 0.717) is 5.03 Å². The Morgan fingerprint density at radius 3 is 2.35 bits per heavy atom. The van der Waals surface area contributed by atoms with Crippen LogP contribution >= 0.6 is 46.6 Å². The van der Waals surface area contributed by atoms with Gasteiger partial charge in [-0.2, -0.15) is 0 Å². The number of alkyl halides is 3. The number of hydrogen-bond acceptors (Lipinski definition) is 4. The molecule has 1 amide bonds. The third-order valence-electron chi connectivity index (χ3n) is 2.26. The molecular weight excluding hydrogens is 341 g/mol. The largest absolute Gasteiger partial charge is 0.339 e. The molecule has 0 aliphatic rings. The minimum Gasteiger partial charge on any atom is -0.339 e. The lowest BCUT2D eigenvalue weighted by Crippen LogP contribution is -2.46. The van der Waals surface area contributed by atoms with E-state index < -0.39 is 14.6 Å². The van der Waals surface area contributed by atoms with Gasteiger partial charge in [0.05, 0.1) is 0 Å². The van der Waals surface area contributed by atoms with Gasteiger partial charge in [-0.25, -0.2) is 9.97 Å². The highest BCUT2D eigenvalue weighted by Gasteiger charge is 2.37. The topological polar surface area (TPSA) is 54.9 Å². The third kappa shape index (κ3) is 5.64. The zero-order valence-corrected chi connectivity index (χ0v) is 14.7. The molecule has 1 N–H and O–H groups in total. The zero-order valence-electron chi connectivity index (χ0n) is 11.6. The summed E-state index contributed by atoms with van der Waals surface area (Å²) in [5.74, 6) is -0.202. The fourth-order valence-corrected chi connectivity index (χ4v) is 2.58. The van der Waals surface area contributed by atoms with E-state index in [1.54, 1.807) is 26.8 Å². The Bertz CT molecular complexity index is 486. The molecule has 20 heavy (non-hydrogen) atoms. The van der Waals surface area contributed by atoms with E-state index in [0.717, 1.165) is 5.69 Å². The molecular formula is C12H16Cl3N3OS. The van der Waals surface area contributed by atoms with Gasteiger partial charge in [-0.1, -0.05) is 67.3 Å². The van der Waals surface area contributed by atoms with Crippen molar-refractivity contribution in [2.45, 2.75) is 41.9 Å². The number of aromatic nitrogens is 2. The summed E-state index contributed by atoms with van der Waals surface area (Å²) in [5.41, 5.74) is 0.226. The normalized spacial score (nSPS) is 13.9. The van der Waals surface area contributed by atoms with Crippen molar-refractivity contribution >= 4 is 52.5 Å². The smallest absolute Gasteiger partial charge is 0.226 e. The van der Waals surface area contributed by atoms with E-state index >= 15 is 0 Å². The summed E-state index contributed by atoms with van der Waals surface area (Å²) in [6.07, 6.45) is 1.43. The highest BCUT2D eigenvalue weighted by atomic mass is 35.6. The number of carbonyl (C=O) groups excluding carboxylic acids is 1. The number of nitrogens with one attached hydrogen (secondary N) is 1. The lowest BCUT2D eigenvalue weighted by Gasteiger charge is -2.28. The first-order chi connectivity index (χ1) is 9.00. The number of carbonyl (C=O) groups is 1. The number of nitrogens with zero attached hydrogens (tertiary/aromatic N) is 2. The van der Waals surface area contributed by atoms with Crippen LogP contribution in [0, 0.1) is 12.3 Å². The van der Waals surface area contributed by atoms with Crippen LogP contribution in [0.4, 0.5) is 0 Å². The Labute approximate surface area is 138 Å². The third-order valence-corrected chi connectivity index (χ3v) is 4.47. The predicted octanol–water partition coefficient (Wildman–Crippen LogP) is 3.74. The standard InChI is InChI=1S/C12H16Cl3N3OS/c1-7-5-8(17-6-16-7)20-10(12(13,14)15)18-9(19)11(2,3)4/h5-6,10H,1-4H3,(H,18,19)/t10-/m1/s1. The molecule has 0 aromatic carbocycles. The molecule has 8 heteroatoms. The molecule has 0 aliphatic heterocycles. The lowest BCUT2D eigenvalue weighted by atomic mass is 9.96. The van der Waals surface area contributed by atoms with E-state index in [-0.39, 0.29) is 5.91 Å². The summed E-state index contributed by atoms with van der Waals surface area (Å²) in [7, 11) is 0. The molecule has 1 atom stereocenters. The SMILES string of the molecule is Cc1cc(S[C@@H](NC(=O)C(C)(C)C)C(Cl)(Cl)Cl)ncn1. The van der Waals surface area contributed by atoms with Crippen LogP contribution in [0.1, 0.15) is 26.5 Å². The van der Waals surface area contributed by atoms with Crippen molar-refractivity contribution in [3.8, 4) is 0 Å². The van der Waals surface area contributed by atoms with Crippen molar-refractivity contribution < 1.29 is 4.79 Å². The average molecular weight is 357 g/mol. The van der Waals surface area contributed by atoms with Crippen molar-refractivity contribution in [3.63, 3.8) is 0 Å². The molecule has 1 aromatic rings. The Kier molecular flexibility index (Phi) is 5.96. The minimum atomic E-state index is -1.65. The summed E-state index contributed by atoms with van der Waals surface area (Å²) < 4.78 is -1.65. The zero-order chi connectivity index (χ0) is 15.6. The molecule has 0 unspecified atom stereocenters. The number of amides is 1. The van der Waals surface area contributed by atoms with Crippen LogP contribution in [0.5, 0.6) is 0 Å². The van der Waals surface area contributed by atoms with Crippen LogP contribution in [0.3, 0.4) is 0 Å². The predicted molar refractivity (Wildman–Crippen MR) is 84.3 cm³/mol. The molecule has 112 valence electrons. The molecule has 0 bridgehead atoms. The molecule has 0 radical (unpaired) electrons. The fraction of sp³-hybridized carbons (Fsp3) is 0.583. The number of hydrogen-bond donors (Lipinski definition) is 1. The van der Waals surface area contributed by atoms with E-state index in [1.165, 1.54) is 18.1 Å². The van der Waals surface area contributed by atoms with Crippen molar-refractivity contribution in [1.82, 2.24) is 15.3 Å². The monoisotopic (exact) mass is 355 g/mol. The molecule has 0 saturated heterocycles. The first-order valence-corrected chi connectivity index (χ1v) is 7.84. The van der Waals surface area contributed by atoms with E-state index in [9.17, 15) is 4.79 Å². The van der Waals surface area contributed by atoms with Gasteiger partial charge in [0.1, 0.15) is 16.7 Å². The van der Waals surface area contributed by atoms with Gasteiger partial charge in [0.25, 0.3) is 0 Å². The summed E-state index contributed by atoms with van der Waals surface area (Å²) in [4.78, 5) is 20.1.